The number of aliphatic imine (C=N–C) groups is 1. The van der Waals surface area contributed by atoms with Crippen LogP contribution in [0.5, 0.6) is 0 Å². The Hall–Kier alpha value is -3.47. The monoisotopic (exact) mass is 484 g/mol. The summed E-state index contributed by atoms with van der Waals surface area (Å²) in [7, 11) is 0. The molecule has 0 radical (unpaired) electrons. The van der Waals surface area contributed by atoms with Crippen LogP contribution in [0.4, 0.5) is 14.9 Å². The standard InChI is InChI=1S/C31H33FN2O2/c1-5-31(26-19-34(20-27(26)31)29(35)36-30(2,3)4)23-16-24(32)18-25(17-23)33-28(21-12-8-6-9-13-21)22-14-10-7-11-15-22/h6-18,26-27H,5,19-20H2,1-4H3/t26-,27+,31-. The van der Waals surface area contributed by atoms with Crippen molar-refractivity contribution in [2.75, 3.05) is 13.1 Å². The highest BCUT2D eigenvalue weighted by atomic mass is 19.1. The average Bonchev–Trinajstić information content (AvgIpc) is 3.22. The highest BCUT2D eigenvalue weighted by Crippen LogP contribution is 2.65. The molecule has 1 heterocycles. The van der Waals surface area contributed by atoms with Crippen LogP contribution in [0, 0.1) is 17.7 Å². The lowest BCUT2D eigenvalue weighted by Gasteiger charge is -2.29. The summed E-state index contributed by atoms with van der Waals surface area (Å²) < 4.78 is 20.6. The quantitative estimate of drug-likeness (QED) is 0.361. The van der Waals surface area contributed by atoms with Crippen molar-refractivity contribution in [2.24, 2.45) is 16.8 Å². The summed E-state index contributed by atoms with van der Waals surface area (Å²) in [5.74, 6) is 0.321. The van der Waals surface area contributed by atoms with Crippen LogP contribution in [-0.4, -0.2) is 35.4 Å². The topological polar surface area (TPSA) is 41.9 Å². The fourth-order valence-corrected chi connectivity index (χ4v) is 5.89. The third-order valence-electron chi connectivity index (χ3n) is 7.53. The van der Waals surface area contributed by atoms with Gasteiger partial charge in [0.25, 0.3) is 0 Å². The molecule has 3 aromatic rings. The number of piperidine rings is 1. The van der Waals surface area contributed by atoms with E-state index in [1.807, 2.05) is 87.5 Å². The Morgan fingerprint density at radius 2 is 1.53 bits per heavy atom. The van der Waals surface area contributed by atoms with Crippen LogP contribution in [0.2, 0.25) is 0 Å². The second-order valence-corrected chi connectivity index (χ2v) is 10.9. The van der Waals surface area contributed by atoms with Gasteiger partial charge in [0.2, 0.25) is 0 Å². The zero-order valence-electron chi connectivity index (χ0n) is 21.4. The molecular weight excluding hydrogens is 451 g/mol. The smallest absolute Gasteiger partial charge is 0.410 e. The second kappa shape index (κ2) is 9.20. The fourth-order valence-electron chi connectivity index (χ4n) is 5.89. The molecule has 5 heteroatoms. The second-order valence-electron chi connectivity index (χ2n) is 10.9. The van der Waals surface area contributed by atoms with Gasteiger partial charge in [-0.25, -0.2) is 14.2 Å². The van der Waals surface area contributed by atoms with Gasteiger partial charge in [0.1, 0.15) is 11.4 Å². The zero-order chi connectivity index (χ0) is 25.5. The molecule has 1 aliphatic carbocycles. The Kier molecular flexibility index (Phi) is 6.19. The van der Waals surface area contributed by atoms with Crippen LogP contribution >= 0.6 is 0 Å². The van der Waals surface area contributed by atoms with Crippen LogP contribution in [0.1, 0.15) is 50.8 Å². The molecule has 0 spiro atoms. The number of rotatable bonds is 5. The van der Waals surface area contributed by atoms with Crippen LogP contribution < -0.4 is 0 Å². The van der Waals surface area contributed by atoms with Crippen LogP contribution in [0.15, 0.2) is 83.9 Å². The molecule has 0 unspecified atom stereocenters. The first kappa shape index (κ1) is 24.2. The van der Waals surface area contributed by atoms with E-state index in [0.717, 1.165) is 28.8 Å². The van der Waals surface area contributed by atoms with Crippen molar-refractivity contribution in [1.29, 1.82) is 0 Å². The van der Waals surface area contributed by atoms with E-state index >= 15 is 0 Å². The first-order valence-corrected chi connectivity index (χ1v) is 12.7. The van der Waals surface area contributed by atoms with E-state index in [1.54, 1.807) is 11.0 Å². The van der Waals surface area contributed by atoms with Gasteiger partial charge in [0.05, 0.1) is 11.4 Å². The molecule has 3 aromatic carbocycles. The summed E-state index contributed by atoms with van der Waals surface area (Å²) >= 11 is 0. The van der Waals surface area contributed by atoms with Crippen molar-refractivity contribution >= 4 is 17.5 Å². The Morgan fingerprint density at radius 1 is 0.972 bits per heavy atom. The Balaban J connectivity index is 1.46. The molecule has 5 rings (SSSR count). The minimum atomic E-state index is -0.517. The SMILES string of the molecule is CC[C@@]1(c2cc(F)cc(N=C(c3ccccc3)c3ccccc3)c2)[C@@H]2CN(C(=O)OC(C)(C)C)C[C@@H]21. The molecule has 1 amide bonds. The number of carbonyl (C=O) groups is 1. The van der Waals surface area contributed by atoms with Crippen LogP contribution in [0.3, 0.4) is 0 Å². The molecule has 2 fully saturated rings. The van der Waals surface area contributed by atoms with Crippen LogP contribution in [0.25, 0.3) is 0 Å². The minimum absolute atomic E-state index is 0.134. The highest BCUT2D eigenvalue weighted by molar-refractivity contribution is 6.13. The number of fused-ring (bicyclic) bond motifs is 1. The number of benzene rings is 3. The summed E-state index contributed by atoms with van der Waals surface area (Å²) in [5, 5.41) is 0. The van der Waals surface area contributed by atoms with Gasteiger partial charge in [0, 0.05) is 29.6 Å². The number of carbonyl (C=O) groups excluding carboxylic acids is 1. The van der Waals surface area contributed by atoms with Crippen molar-refractivity contribution in [1.82, 2.24) is 4.90 Å². The lowest BCUT2D eigenvalue weighted by Crippen LogP contribution is -2.39. The molecule has 1 saturated heterocycles. The van der Waals surface area contributed by atoms with Crippen molar-refractivity contribution in [3.8, 4) is 0 Å². The number of halogens is 1. The van der Waals surface area contributed by atoms with Crippen molar-refractivity contribution in [3.63, 3.8) is 0 Å². The maximum Gasteiger partial charge on any atom is 0.410 e. The van der Waals surface area contributed by atoms with Gasteiger partial charge >= 0.3 is 6.09 Å². The minimum Gasteiger partial charge on any atom is -0.444 e. The molecule has 36 heavy (non-hydrogen) atoms. The number of ether oxygens (including phenoxy) is 1. The fraction of sp³-hybridized carbons (Fsp3) is 0.355. The van der Waals surface area contributed by atoms with Crippen LogP contribution in [-0.2, 0) is 10.2 Å². The molecule has 186 valence electrons. The number of likely N-dealkylation sites (tertiary alicyclic amines) is 1. The number of hydrogen-bond acceptors (Lipinski definition) is 3. The number of amides is 1. The Labute approximate surface area is 212 Å². The summed E-state index contributed by atoms with van der Waals surface area (Å²) in [4.78, 5) is 19.4. The predicted molar refractivity (Wildman–Crippen MR) is 141 cm³/mol. The van der Waals surface area contributed by atoms with Crippen molar-refractivity contribution in [3.05, 3.63) is 101 Å². The van der Waals surface area contributed by atoms with E-state index in [1.165, 1.54) is 6.07 Å². The van der Waals surface area contributed by atoms with Gasteiger partial charge in [-0.2, -0.15) is 0 Å². The van der Waals surface area contributed by atoms with Gasteiger partial charge in [-0.3, -0.25) is 0 Å². The summed E-state index contributed by atoms with van der Waals surface area (Å²) in [5.41, 5.74) is 3.70. The average molecular weight is 485 g/mol. The van der Waals surface area contributed by atoms with E-state index in [9.17, 15) is 9.18 Å². The summed E-state index contributed by atoms with van der Waals surface area (Å²) in [6.07, 6.45) is 0.626. The first-order valence-electron chi connectivity index (χ1n) is 12.7. The molecule has 1 saturated carbocycles. The Morgan fingerprint density at radius 3 is 2.03 bits per heavy atom. The van der Waals surface area contributed by atoms with E-state index in [0.29, 0.717) is 30.6 Å². The normalized spacial score (nSPS) is 22.6. The van der Waals surface area contributed by atoms with E-state index < -0.39 is 5.60 Å². The van der Waals surface area contributed by atoms with E-state index in [2.05, 4.69) is 6.92 Å². The lowest BCUT2D eigenvalue weighted by atomic mass is 9.87. The molecule has 0 bridgehead atoms. The molecule has 0 N–H and O–H groups in total. The van der Waals surface area contributed by atoms with Gasteiger partial charge in [-0.15, -0.1) is 0 Å². The molecule has 1 aliphatic heterocycles. The maximum absolute atomic E-state index is 15.0. The highest BCUT2D eigenvalue weighted by Gasteiger charge is 2.68. The third-order valence-corrected chi connectivity index (χ3v) is 7.53. The molecule has 3 atom stereocenters. The summed E-state index contributed by atoms with van der Waals surface area (Å²) in [6.45, 7) is 9.08. The molecule has 2 aliphatic rings. The van der Waals surface area contributed by atoms with Gasteiger partial charge in [-0.1, -0.05) is 67.6 Å². The Bertz CT molecular complexity index is 1230. The first-order chi connectivity index (χ1) is 17.2. The summed E-state index contributed by atoms with van der Waals surface area (Å²) in [6, 6.07) is 25.2. The largest absolute Gasteiger partial charge is 0.444 e. The molecular formula is C31H33FN2O2. The predicted octanol–water partition coefficient (Wildman–Crippen LogP) is 7.14. The van der Waals surface area contributed by atoms with E-state index in [4.69, 9.17) is 9.73 Å². The molecule has 4 nitrogen and oxygen atoms in total. The van der Waals surface area contributed by atoms with E-state index in [-0.39, 0.29) is 17.3 Å². The number of nitrogens with zero attached hydrogens (tertiary/aromatic N) is 2. The zero-order valence-corrected chi connectivity index (χ0v) is 21.4. The van der Waals surface area contributed by atoms with Gasteiger partial charge in [0.15, 0.2) is 0 Å². The van der Waals surface area contributed by atoms with Crippen molar-refractivity contribution < 1.29 is 13.9 Å². The maximum atomic E-state index is 15.0. The lowest BCUT2D eigenvalue weighted by molar-refractivity contribution is 0.0260. The molecule has 0 aromatic heterocycles. The number of hydrogen-bond donors (Lipinski definition) is 0. The van der Waals surface area contributed by atoms with Gasteiger partial charge in [-0.05, 0) is 62.8 Å². The third kappa shape index (κ3) is 4.55. The van der Waals surface area contributed by atoms with Crippen molar-refractivity contribution in [2.45, 2.75) is 45.1 Å². The van der Waals surface area contributed by atoms with Gasteiger partial charge < -0.3 is 9.64 Å².